The van der Waals surface area contributed by atoms with Crippen molar-refractivity contribution in [2.24, 2.45) is 0 Å². The lowest BCUT2D eigenvalue weighted by Crippen LogP contribution is -2.36. The van der Waals surface area contributed by atoms with Crippen LogP contribution in [0.15, 0.2) is 54.7 Å². The van der Waals surface area contributed by atoms with E-state index in [2.05, 4.69) is 51.4 Å². The monoisotopic (exact) mass is 472 g/mol. The maximum atomic E-state index is 12.6. The van der Waals surface area contributed by atoms with Gasteiger partial charge in [-0.15, -0.1) is 0 Å². The Morgan fingerprint density at radius 1 is 1.06 bits per heavy atom. The Morgan fingerprint density at radius 3 is 2.65 bits per heavy atom. The Kier molecular flexibility index (Phi) is 6.40. The van der Waals surface area contributed by atoms with Crippen molar-refractivity contribution in [2.45, 2.75) is 32.6 Å². The zero-order valence-electron chi connectivity index (χ0n) is 19.5. The lowest BCUT2D eigenvalue weighted by Gasteiger charge is -2.26. The van der Waals surface area contributed by atoms with Crippen LogP contribution in [-0.2, 0) is 11.2 Å². The highest BCUT2D eigenvalue weighted by molar-refractivity contribution is 7.21. The molecule has 7 nitrogen and oxygen atoms in total. The van der Waals surface area contributed by atoms with Crippen molar-refractivity contribution in [1.29, 1.82) is 0 Å². The molecule has 0 bridgehead atoms. The van der Waals surface area contributed by atoms with Crippen LogP contribution >= 0.6 is 11.3 Å². The minimum absolute atomic E-state index is 0.186. The fourth-order valence-electron chi connectivity index (χ4n) is 4.14. The second-order valence-corrected chi connectivity index (χ2v) is 9.68. The number of carbonyl (C=O) groups is 1. The summed E-state index contributed by atoms with van der Waals surface area (Å²) in [5.74, 6) is 1.73. The zero-order valence-corrected chi connectivity index (χ0v) is 20.3. The Hall–Kier alpha value is -3.52. The molecule has 1 aromatic carbocycles. The summed E-state index contributed by atoms with van der Waals surface area (Å²) in [4.78, 5) is 31.4. The number of benzene rings is 1. The van der Waals surface area contributed by atoms with Crippen molar-refractivity contribution in [3.63, 3.8) is 0 Å². The molecular weight excluding hydrogens is 444 g/mol. The largest absolute Gasteiger partial charge is 0.342 e. The van der Waals surface area contributed by atoms with Crippen LogP contribution in [0.1, 0.15) is 30.4 Å². The van der Waals surface area contributed by atoms with Crippen molar-refractivity contribution < 1.29 is 4.79 Å². The molecule has 0 aliphatic carbocycles. The maximum absolute atomic E-state index is 12.6. The van der Waals surface area contributed by atoms with E-state index >= 15 is 0 Å². The van der Waals surface area contributed by atoms with Gasteiger partial charge in [-0.2, -0.15) is 0 Å². The number of hydrogen-bond acceptors (Lipinski definition) is 7. The normalized spacial score (nSPS) is 13.8. The minimum Gasteiger partial charge on any atom is -0.342 e. The first kappa shape index (κ1) is 22.3. The Morgan fingerprint density at radius 2 is 1.85 bits per heavy atom. The molecule has 1 aliphatic heterocycles. The highest BCUT2D eigenvalue weighted by atomic mass is 32.1. The van der Waals surface area contributed by atoms with Crippen LogP contribution in [-0.4, -0.2) is 45.9 Å². The number of piperidine rings is 1. The van der Waals surface area contributed by atoms with E-state index in [1.54, 1.807) is 6.20 Å². The predicted molar refractivity (Wildman–Crippen MR) is 138 cm³/mol. The number of likely N-dealkylation sites (tertiary alicyclic amines) is 1. The van der Waals surface area contributed by atoms with Gasteiger partial charge < -0.3 is 15.1 Å². The molecule has 4 aromatic rings. The number of thiazole rings is 1. The SMILES string of the molecule is Cc1ccc(N(C)c2ccc3nc(Nc4cc(CC(=O)N5CCCCC5)ccn4)sc3n2)cc1. The van der Waals surface area contributed by atoms with E-state index in [1.807, 2.05) is 36.2 Å². The highest BCUT2D eigenvalue weighted by Crippen LogP contribution is 2.30. The average Bonchev–Trinajstić information content (AvgIpc) is 3.26. The van der Waals surface area contributed by atoms with E-state index in [4.69, 9.17) is 4.98 Å². The quantitative estimate of drug-likeness (QED) is 0.402. The van der Waals surface area contributed by atoms with Crippen molar-refractivity contribution in [2.75, 3.05) is 30.4 Å². The van der Waals surface area contributed by atoms with Gasteiger partial charge in [-0.1, -0.05) is 29.0 Å². The molecule has 0 atom stereocenters. The van der Waals surface area contributed by atoms with E-state index in [0.29, 0.717) is 12.2 Å². The highest BCUT2D eigenvalue weighted by Gasteiger charge is 2.17. The zero-order chi connectivity index (χ0) is 23.5. The van der Waals surface area contributed by atoms with Gasteiger partial charge in [0.2, 0.25) is 5.91 Å². The number of fused-ring (bicyclic) bond motifs is 1. The van der Waals surface area contributed by atoms with E-state index in [1.165, 1.54) is 23.3 Å². The van der Waals surface area contributed by atoms with Crippen molar-refractivity contribution in [1.82, 2.24) is 19.9 Å². The van der Waals surface area contributed by atoms with Gasteiger partial charge in [0.05, 0.1) is 6.42 Å². The molecule has 34 heavy (non-hydrogen) atoms. The van der Waals surface area contributed by atoms with E-state index in [0.717, 1.165) is 58.5 Å². The standard InChI is InChI=1S/C26H28N6OS/c1-18-6-8-20(9-7-18)31(2)23-11-10-21-25(30-23)34-26(28-21)29-22-16-19(12-13-27-22)17-24(33)32-14-4-3-5-15-32/h6-13,16H,3-5,14-15,17H2,1-2H3,(H,27,28,29). The Balaban J connectivity index is 1.30. The van der Waals surface area contributed by atoms with Gasteiger partial charge >= 0.3 is 0 Å². The summed E-state index contributed by atoms with van der Waals surface area (Å²) in [5.41, 5.74) is 4.10. The second kappa shape index (κ2) is 9.77. The molecule has 8 heteroatoms. The van der Waals surface area contributed by atoms with Crippen LogP contribution in [0.3, 0.4) is 0 Å². The number of hydrogen-bond donors (Lipinski definition) is 1. The molecule has 5 rings (SSSR count). The first-order chi connectivity index (χ1) is 16.5. The summed E-state index contributed by atoms with van der Waals surface area (Å²) in [7, 11) is 2.01. The van der Waals surface area contributed by atoms with Crippen LogP contribution in [0.5, 0.6) is 0 Å². The summed E-state index contributed by atoms with van der Waals surface area (Å²) in [6, 6.07) is 16.2. The van der Waals surface area contributed by atoms with Gasteiger partial charge in [0.1, 0.15) is 22.0 Å². The molecule has 3 aromatic heterocycles. The fourth-order valence-corrected chi connectivity index (χ4v) is 4.98. The summed E-state index contributed by atoms with van der Waals surface area (Å²) in [5, 5.41) is 4.02. The number of aromatic nitrogens is 3. The first-order valence-corrected chi connectivity index (χ1v) is 12.4. The molecule has 0 spiro atoms. The number of rotatable bonds is 6. The molecule has 1 N–H and O–H groups in total. The minimum atomic E-state index is 0.186. The number of pyridine rings is 2. The number of carbonyl (C=O) groups excluding carboxylic acids is 1. The Bertz CT molecular complexity index is 1300. The second-order valence-electron chi connectivity index (χ2n) is 8.70. The summed E-state index contributed by atoms with van der Waals surface area (Å²) >= 11 is 1.49. The number of nitrogens with zero attached hydrogens (tertiary/aromatic N) is 5. The van der Waals surface area contributed by atoms with Gasteiger partial charge in [-0.05, 0) is 68.1 Å². The third-order valence-corrected chi connectivity index (χ3v) is 7.01. The van der Waals surface area contributed by atoms with Crippen LogP contribution in [0, 0.1) is 6.92 Å². The molecule has 174 valence electrons. The van der Waals surface area contributed by atoms with Crippen LogP contribution in [0.25, 0.3) is 10.3 Å². The van der Waals surface area contributed by atoms with Gasteiger partial charge in [0.15, 0.2) is 5.13 Å². The maximum Gasteiger partial charge on any atom is 0.226 e. The third-order valence-electron chi connectivity index (χ3n) is 6.13. The van der Waals surface area contributed by atoms with Gasteiger partial charge in [-0.25, -0.2) is 15.0 Å². The first-order valence-electron chi connectivity index (χ1n) is 11.6. The Labute approximate surface area is 203 Å². The van der Waals surface area contributed by atoms with Gasteiger partial charge in [-0.3, -0.25) is 4.79 Å². The van der Waals surface area contributed by atoms with Gasteiger partial charge in [0, 0.05) is 32.0 Å². The number of anilines is 4. The van der Waals surface area contributed by atoms with Crippen LogP contribution < -0.4 is 10.2 Å². The predicted octanol–water partition coefficient (Wildman–Crippen LogP) is 5.46. The number of amides is 1. The lowest BCUT2D eigenvalue weighted by molar-refractivity contribution is -0.131. The molecule has 4 heterocycles. The lowest BCUT2D eigenvalue weighted by atomic mass is 10.1. The number of nitrogens with one attached hydrogen (secondary N) is 1. The average molecular weight is 473 g/mol. The van der Waals surface area contributed by atoms with Crippen molar-refractivity contribution >= 4 is 50.0 Å². The number of aryl methyl sites for hydroxylation is 1. The molecule has 0 saturated carbocycles. The van der Waals surface area contributed by atoms with Crippen molar-refractivity contribution in [3.8, 4) is 0 Å². The molecular formula is C26H28N6OS. The summed E-state index contributed by atoms with van der Waals surface area (Å²) < 4.78 is 0. The van der Waals surface area contributed by atoms with Crippen LogP contribution in [0.4, 0.5) is 22.5 Å². The molecule has 1 fully saturated rings. The summed E-state index contributed by atoms with van der Waals surface area (Å²) in [6.45, 7) is 3.82. The van der Waals surface area contributed by atoms with Gasteiger partial charge in [0.25, 0.3) is 0 Å². The molecule has 0 unspecified atom stereocenters. The smallest absolute Gasteiger partial charge is 0.226 e. The molecule has 1 aliphatic rings. The molecule has 1 saturated heterocycles. The fraction of sp³-hybridized carbons (Fsp3) is 0.308. The summed E-state index contributed by atoms with van der Waals surface area (Å²) in [6.07, 6.45) is 5.55. The topological polar surface area (TPSA) is 74.2 Å². The van der Waals surface area contributed by atoms with Crippen molar-refractivity contribution in [3.05, 3.63) is 65.9 Å². The van der Waals surface area contributed by atoms with Crippen LogP contribution in [0.2, 0.25) is 0 Å². The molecule has 1 amide bonds. The van der Waals surface area contributed by atoms with E-state index < -0.39 is 0 Å². The third kappa shape index (κ3) is 5.02. The van der Waals surface area contributed by atoms with E-state index in [-0.39, 0.29) is 5.91 Å². The molecule has 0 radical (unpaired) electrons. The van der Waals surface area contributed by atoms with E-state index in [9.17, 15) is 4.79 Å².